The van der Waals surface area contributed by atoms with Crippen molar-refractivity contribution in [2.75, 3.05) is 0 Å². The summed E-state index contributed by atoms with van der Waals surface area (Å²) in [6.45, 7) is 0. The molecule has 7 N–H and O–H groups in total. The molecule has 8 heteroatoms. The molecule has 0 aliphatic heterocycles. The van der Waals surface area contributed by atoms with Gasteiger partial charge in [0, 0.05) is 0 Å². The highest BCUT2D eigenvalue weighted by Crippen LogP contribution is 2.30. The fourth-order valence-electron chi connectivity index (χ4n) is 1.52. The summed E-state index contributed by atoms with van der Waals surface area (Å²) < 4.78 is 0. The molecule has 0 aromatic heterocycles. The lowest BCUT2D eigenvalue weighted by Gasteiger charge is -2.44. The molecule has 1 fully saturated rings. The second kappa shape index (κ2) is 3.67. The summed E-state index contributed by atoms with van der Waals surface area (Å²) in [6, 6.07) is 0. The van der Waals surface area contributed by atoms with Gasteiger partial charge in [-0.15, -0.1) is 0 Å². The van der Waals surface area contributed by atoms with Gasteiger partial charge in [0.25, 0.3) is 0 Å². The highest BCUT2D eigenvalue weighted by atomic mass is 16.5. The van der Waals surface area contributed by atoms with Crippen LogP contribution in [0.3, 0.4) is 0 Å². The van der Waals surface area contributed by atoms with Gasteiger partial charge >= 0.3 is 5.97 Å². The van der Waals surface area contributed by atoms with Crippen LogP contribution in [0, 0.1) is 0 Å². The van der Waals surface area contributed by atoms with Crippen molar-refractivity contribution in [1.82, 2.24) is 0 Å². The molecule has 8 nitrogen and oxygen atoms in total. The Morgan fingerprint density at radius 1 is 0.867 bits per heavy atom. The highest BCUT2D eigenvalue weighted by molar-refractivity contribution is 5.79. The standard InChI is InChI=1S/C7H12O8/c8-1-2(9)4(11)7(15,6(13)14)5(12)3(1)10/h1-5,8-12,15H,(H,13,14)/t1?,2-,3+,4-,5-,7?/m1/s1. The maximum atomic E-state index is 10.6. The minimum Gasteiger partial charge on any atom is -0.479 e. The largest absolute Gasteiger partial charge is 0.479 e. The van der Waals surface area contributed by atoms with E-state index in [-0.39, 0.29) is 0 Å². The Labute approximate surface area is 83.6 Å². The van der Waals surface area contributed by atoms with Gasteiger partial charge in [0.1, 0.15) is 30.5 Å². The molecule has 1 aliphatic rings. The van der Waals surface area contributed by atoms with Gasteiger partial charge in [-0.05, 0) is 0 Å². The lowest BCUT2D eigenvalue weighted by atomic mass is 9.75. The summed E-state index contributed by atoms with van der Waals surface area (Å²) in [5.41, 5.74) is -3.11. The minimum atomic E-state index is -3.11. The van der Waals surface area contributed by atoms with Crippen LogP contribution in [0.15, 0.2) is 0 Å². The first kappa shape index (κ1) is 12.3. The smallest absolute Gasteiger partial charge is 0.341 e. The maximum Gasteiger partial charge on any atom is 0.341 e. The van der Waals surface area contributed by atoms with Crippen molar-refractivity contribution < 1.29 is 40.5 Å². The van der Waals surface area contributed by atoms with Crippen LogP contribution in [0.25, 0.3) is 0 Å². The number of carbonyl (C=O) groups is 1. The predicted molar refractivity (Wildman–Crippen MR) is 42.6 cm³/mol. The molecule has 0 aromatic carbocycles. The van der Waals surface area contributed by atoms with Crippen LogP contribution in [0.4, 0.5) is 0 Å². The molecular weight excluding hydrogens is 212 g/mol. The number of aliphatic hydroxyl groups excluding tert-OH is 5. The van der Waals surface area contributed by atoms with Crippen LogP contribution in [-0.4, -0.2) is 77.8 Å². The molecule has 0 spiro atoms. The van der Waals surface area contributed by atoms with E-state index >= 15 is 0 Å². The lowest BCUT2D eigenvalue weighted by Crippen LogP contribution is -2.73. The van der Waals surface area contributed by atoms with Crippen molar-refractivity contribution in [2.45, 2.75) is 36.1 Å². The topological polar surface area (TPSA) is 159 Å². The second-order valence-electron chi connectivity index (χ2n) is 3.49. The number of carboxylic acid groups (broad SMARTS) is 1. The quantitative estimate of drug-likeness (QED) is 0.235. The number of hydrogen-bond acceptors (Lipinski definition) is 7. The highest BCUT2D eigenvalue weighted by Gasteiger charge is 2.62. The molecule has 0 heterocycles. The van der Waals surface area contributed by atoms with Gasteiger partial charge in [-0.3, -0.25) is 0 Å². The van der Waals surface area contributed by atoms with Crippen molar-refractivity contribution in [1.29, 1.82) is 0 Å². The first-order chi connectivity index (χ1) is 6.74. The van der Waals surface area contributed by atoms with Crippen molar-refractivity contribution >= 4 is 5.97 Å². The number of carboxylic acids is 1. The zero-order valence-corrected chi connectivity index (χ0v) is 7.43. The molecule has 88 valence electrons. The van der Waals surface area contributed by atoms with Crippen LogP contribution in [0.1, 0.15) is 0 Å². The Morgan fingerprint density at radius 3 is 1.47 bits per heavy atom. The summed E-state index contributed by atoms with van der Waals surface area (Å²) >= 11 is 0. The Balaban J connectivity index is 3.12. The van der Waals surface area contributed by atoms with Gasteiger partial charge in [0.2, 0.25) is 5.60 Å². The summed E-state index contributed by atoms with van der Waals surface area (Å²) in [4.78, 5) is 10.6. The SMILES string of the molecule is O=C(O)C1(O)[C@H](O)[C@H](O)C(O)[C@H](O)[C@H]1O. The molecule has 0 bridgehead atoms. The van der Waals surface area contributed by atoms with Crippen LogP contribution < -0.4 is 0 Å². The third kappa shape index (κ3) is 1.51. The van der Waals surface area contributed by atoms with E-state index in [0.29, 0.717) is 0 Å². The predicted octanol–water partition coefficient (Wildman–Crippen LogP) is -4.38. The van der Waals surface area contributed by atoms with Gasteiger partial charge < -0.3 is 35.7 Å². The average molecular weight is 224 g/mol. The van der Waals surface area contributed by atoms with Gasteiger partial charge in [-0.1, -0.05) is 0 Å². The Kier molecular flexibility index (Phi) is 3.01. The first-order valence-electron chi connectivity index (χ1n) is 4.10. The van der Waals surface area contributed by atoms with Crippen molar-refractivity contribution in [3.63, 3.8) is 0 Å². The zero-order valence-electron chi connectivity index (χ0n) is 7.43. The van der Waals surface area contributed by atoms with Crippen LogP contribution in [0.5, 0.6) is 0 Å². The molecule has 0 aromatic rings. The number of aliphatic carboxylic acids is 1. The number of rotatable bonds is 1. The van der Waals surface area contributed by atoms with E-state index in [9.17, 15) is 20.1 Å². The molecule has 0 amide bonds. The Morgan fingerprint density at radius 2 is 1.20 bits per heavy atom. The van der Waals surface area contributed by atoms with Crippen molar-refractivity contribution in [2.24, 2.45) is 0 Å². The van der Waals surface area contributed by atoms with Gasteiger partial charge in [0.15, 0.2) is 0 Å². The summed E-state index contributed by atoms with van der Waals surface area (Å²) in [7, 11) is 0. The summed E-state index contributed by atoms with van der Waals surface area (Å²) in [5.74, 6) is -2.01. The van der Waals surface area contributed by atoms with Crippen molar-refractivity contribution in [3.8, 4) is 0 Å². The fourth-order valence-corrected chi connectivity index (χ4v) is 1.52. The van der Waals surface area contributed by atoms with Gasteiger partial charge in [-0.2, -0.15) is 0 Å². The molecule has 15 heavy (non-hydrogen) atoms. The van der Waals surface area contributed by atoms with Crippen LogP contribution in [0.2, 0.25) is 0 Å². The number of aliphatic hydroxyl groups is 6. The molecular formula is C7H12O8. The molecule has 2 unspecified atom stereocenters. The maximum absolute atomic E-state index is 10.6. The van der Waals surface area contributed by atoms with E-state index in [2.05, 4.69) is 0 Å². The average Bonchev–Trinajstić information content (AvgIpc) is 2.20. The van der Waals surface area contributed by atoms with E-state index in [1.807, 2.05) is 0 Å². The Bertz CT molecular complexity index is 250. The molecule has 0 radical (unpaired) electrons. The third-order valence-electron chi connectivity index (χ3n) is 2.59. The van der Waals surface area contributed by atoms with Crippen LogP contribution in [-0.2, 0) is 4.79 Å². The van der Waals surface area contributed by atoms with Gasteiger partial charge in [0.05, 0.1) is 0 Å². The monoisotopic (exact) mass is 224 g/mol. The van der Waals surface area contributed by atoms with E-state index in [4.69, 9.17) is 20.4 Å². The third-order valence-corrected chi connectivity index (χ3v) is 2.59. The fraction of sp³-hybridized carbons (Fsp3) is 0.857. The summed E-state index contributed by atoms with van der Waals surface area (Å²) in [6.07, 6.45) is -10.7. The second-order valence-corrected chi connectivity index (χ2v) is 3.49. The molecule has 1 saturated carbocycles. The molecule has 1 aliphatic carbocycles. The van der Waals surface area contributed by atoms with E-state index < -0.39 is 42.1 Å². The Hall–Kier alpha value is -0.770. The van der Waals surface area contributed by atoms with E-state index in [1.54, 1.807) is 0 Å². The van der Waals surface area contributed by atoms with Crippen molar-refractivity contribution in [3.05, 3.63) is 0 Å². The molecule has 0 saturated heterocycles. The van der Waals surface area contributed by atoms with E-state index in [1.165, 1.54) is 0 Å². The first-order valence-corrected chi connectivity index (χ1v) is 4.10. The summed E-state index contributed by atoms with van der Waals surface area (Å²) in [5, 5.41) is 63.8. The minimum absolute atomic E-state index is 1.94. The zero-order chi connectivity index (χ0) is 12.0. The van der Waals surface area contributed by atoms with Gasteiger partial charge in [-0.25, -0.2) is 4.79 Å². The lowest BCUT2D eigenvalue weighted by molar-refractivity contribution is -0.266. The molecule has 6 atom stereocenters. The van der Waals surface area contributed by atoms with E-state index in [0.717, 1.165) is 0 Å². The number of hydrogen-bond donors (Lipinski definition) is 7. The normalized spacial score (nSPS) is 51.5. The molecule has 1 rings (SSSR count). The van der Waals surface area contributed by atoms with Crippen LogP contribution >= 0.6 is 0 Å².